The molecule has 0 saturated heterocycles. The Hall–Kier alpha value is -7.79. The zero-order valence-electron chi connectivity index (χ0n) is 35.8. The maximum Gasteiger partial charge on any atom is 0.460 e. The van der Waals surface area contributed by atoms with E-state index in [-0.39, 0.29) is 0 Å². The maximum atomic E-state index is 7.61. The molecule has 0 atom stereocenters. The van der Waals surface area contributed by atoms with Crippen LogP contribution >= 0.6 is 23.0 Å². The first-order valence-electron chi connectivity index (χ1n) is 22.3. The summed E-state index contributed by atoms with van der Waals surface area (Å²) in [5.74, 6) is 3.13. The van der Waals surface area contributed by atoms with Crippen molar-refractivity contribution in [1.29, 1.82) is 0 Å². The van der Waals surface area contributed by atoms with E-state index in [1.54, 1.807) is 0 Å². The lowest BCUT2D eigenvalue weighted by atomic mass is 9.94. The second-order valence-electron chi connectivity index (χ2n) is 17.1. The summed E-state index contributed by atoms with van der Waals surface area (Å²) in [6.07, 6.45) is 0. The molecule has 12 aromatic rings. The Kier molecular flexibility index (Phi) is 7.96. The molecule has 0 amide bonds. The number of hydrogen-bond acceptors (Lipinski definition) is 9. The van der Waals surface area contributed by atoms with E-state index in [0.29, 0.717) is 34.5 Å². The molecule has 0 aliphatic carbocycles. The van der Waals surface area contributed by atoms with Gasteiger partial charge in [0, 0.05) is 43.8 Å². The largest absolute Gasteiger partial charge is 0.460 e. The Morgan fingerprint density at radius 1 is 0.279 bits per heavy atom. The lowest BCUT2D eigenvalue weighted by Crippen LogP contribution is -2.10. The van der Waals surface area contributed by atoms with Gasteiger partial charge in [-0.2, -0.15) is 0 Å². The van der Waals surface area contributed by atoms with Crippen molar-refractivity contribution in [2.45, 2.75) is 0 Å². The summed E-state index contributed by atoms with van der Waals surface area (Å²) in [6, 6.07) is 69.3. The van der Waals surface area contributed by atoms with Crippen LogP contribution in [0, 0.1) is 0 Å². The highest BCUT2D eigenvalue weighted by molar-refractivity contribution is 7.79. The Morgan fingerprint density at radius 3 is 1.00 bits per heavy atom. The van der Waals surface area contributed by atoms with Gasteiger partial charge in [-0.05, 0) is 91.6 Å². The minimum absolute atomic E-state index is 0.513. The first-order valence-corrected chi connectivity index (χ1v) is 26.9. The van der Waals surface area contributed by atoms with E-state index in [1.807, 2.05) is 109 Å². The van der Waals surface area contributed by atoms with Gasteiger partial charge < -0.3 is 27.1 Å². The summed E-state index contributed by atoms with van der Waals surface area (Å²) >= 11 is 0. The fraction of sp³-hybridized carbons (Fsp3) is 0. The molecule has 0 bridgehead atoms. The summed E-state index contributed by atoms with van der Waals surface area (Å²) in [5.41, 5.74) is 3.29. The first-order chi connectivity index (χ1) is 33.5. The van der Waals surface area contributed by atoms with E-state index in [2.05, 4.69) is 97.1 Å². The molecule has 12 heteroatoms. The van der Waals surface area contributed by atoms with Crippen molar-refractivity contribution in [1.82, 2.24) is 0 Å². The zero-order valence-corrected chi connectivity index (χ0v) is 38.4. The van der Waals surface area contributed by atoms with Gasteiger partial charge in [0.15, 0.2) is 0 Å². The van der Waals surface area contributed by atoms with E-state index in [0.717, 1.165) is 86.9 Å². The molecule has 2 spiro atoms. The molecule has 9 nitrogen and oxygen atoms in total. The molecule has 3 aliphatic rings. The molecule has 0 N–H and O–H groups in total. The van der Waals surface area contributed by atoms with Crippen LogP contribution in [-0.4, -0.2) is 0 Å². The fourth-order valence-corrected chi connectivity index (χ4v) is 19.4. The van der Waals surface area contributed by atoms with Crippen LogP contribution < -0.4 is 27.1 Å². The van der Waals surface area contributed by atoms with Gasteiger partial charge in [-0.15, -0.1) is 0 Å². The molecule has 0 aromatic heterocycles. The molecule has 324 valence electrons. The number of nitrogens with zero attached hydrogens (tertiary/aromatic N) is 3. The van der Waals surface area contributed by atoms with Gasteiger partial charge >= 0.3 is 23.0 Å². The minimum Gasteiger partial charge on any atom is -0.413 e. The fourth-order valence-electron chi connectivity index (χ4n) is 10.2. The molecule has 3 aliphatic heterocycles. The normalized spacial score (nSPS) is 15.9. The smallest absolute Gasteiger partial charge is 0.413 e. The lowest BCUT2D eigenvalue weighted by Gasteiger charge is -2.32. The summed E-state index contributed by atoms with van der Waals surface area (Å²) in [7, 11) is -12.3. The van der Waals surface area contributed by atoms with Crippen LogP contribution in [-0.2, 0) is 0 Å². The molecular formula is C56H34N3O6P3. The maximum absolute atomic E-state index is 7.61. The molecule has 3 heterocycles. The molecule has 0 unspecified atom stereocenters. The van der Waals surface area contributed by atoms with Crippen molar-refractivity contribution in [3.8, 4) is 56.8 Å². The topological polar surface area (TPSA) is 92.5 Å². The SMILES string of the molecule is c1ccc2c(c1)OP1(=NP3(=NP(Oc4ccc5ccc6cccc7ccc4c5c67)(Oc4ccc5ccc6cccc7ccc4c5c67)=N1)Oc1ccccc1-c1ccccc1O3)Oc1ccccc1-2. The molecular weight excluding hydrogens is 904 g/mol. The molecule has 15 rings (SSSR count). The van der Waals surface area contributed by atoms with Gasteiger partial charge in [0.05, 0.1) is 0 Å². The number of benzene rings is 12. The second-order valence-corrected chi connectivity index (χ2v) is 23.3. The third-order valence-corrected chi connectivity index (χ3v) is 21.1. The van der Waals surface area contributed by atoms with E-state index in [9.17, 15) is 0 Å². The number of hydrogen-bond donors (Lipinski definition) is 0. The van der Waals surface area contributed by atoms with Crippen molar-refractivity contribution in [3.05, 3.63) is 206 Å². The number of fused-ring (bicyclic) bond motifs is 6. The summed E-state index contributed by atoms with van der Waals surface area (Å²) in [5, 5.41) is 12.8. The van der Waals surface area contributed by atoms with Crippen molar-refractivity contribution in [2.75, 3.05) is 0 Å². The Bertz CT molecular complexity index is 3920. The molecule has 0 fully saturated rings. The number of rotatable bonds is 4. The van der Waals surface area contributed by atoms with Crippen molar-refractivity contribution in [3.63, 3.8) is 0 Å². The van der Waals surface area contributed by atoms with E-state index in [4.69, 9.17) is 40.7 Å². The van der Waals surface area contributed by atoms with Gasteiger partial charge in [-0.3, -0.25) is 0 Å². The zero-order chi connectivity index (χ0) is 44.6. The highest BCUT2D eigenvalue weighted by Crippen LogP contribution is 2.80. The van der Waals surface area contributed by atoms with Crippen LogP contribution in [0.3, 0.4) is 0 Å². The third kappa shape index (κ3) is 5.74. The van der Waals surface area contributed by atoms with Gasteiger partial charge in [0.1, 0.15) is 34.5 Å². The molecule has 12 aromatic carbocycles. The predicted octanol–water partition coefficient (Wildman–Crippen LogP) is 18.1. The Morgan fingerprint density at radius 2 is 0.603 bits per heavy atom. The van der Waals surface area contributed by atoms with Gasteiger partial charge in [-0.25, -0.2) is 0 Å². The molecule has 0 radical (unpaired) electrons. The van der Waals surface area contributed by atoms with Gasteiger partial charge in [0.25, 0.3) is 0 Å². The van der Waals surface area contributed by atoms with Gasteiger partial charge in [0.2, 0.25) is 0 Å². The van der Waals surface area contributed by atoms with Crippen LogP contribution in [0.5, 0.6) is 34.5 Å². The van der Waals surface area contributed by atoms with Crippen LogP contribution in [0.4, 0.5) is 0 Å². The van der Waals surface area contributed by atoms with Crippen molar-refractivity contribution in [2.24, 2.45) is 13.5 Å². The number of para-hydroxylation sites is 4. The highest BCUT2D eigenvalue weighted by Gasteiger charge is 2.51. The average Bonchev–Trinajstić information content (AvgIpc) is 3.58. The quantitative estimate of drug-likeness (QED) is 0.129. The lowest BCUT2D eigenvalue weighted by molar-refractivity contribution is 0.450. The summed E-state index contributed by atoms with van der Waals surface area (Å²) in [4.78, 5) is 0. The highest BCUT2D eigenvalue weighted by atomic mass is 31.3. The van der Waals surface area contributed by atoms with E-state index >= 15 is 0 Å². The van der Waals surface area contributed by atoms with E-state index < -0.39 is 23.0 Å². The Balaban J connectivity index is 1.07. The van der Waals surface area contributed by atoms with Crippen molar-refractivity contribution < 1.29 is 27.1 Å². The van der Waals surface area contributed by atoms with Crippen LogP contribution in [0.15, 0.2) is 220 Å². The summed E-state index contributed by atoms with van der Waals surface area (Å²) in [6.45, 7) is 0. The van der Waals surface area contributed by atoms with Crippen LogP contribution in [0.2, 0.25) is 0 Å². The average molecular weight is 938 g/mol. The predicted molar refractivity (Wildman–Crippen MR) is 276 cm³/mol. The Labute approximate surface area is 389 Å². The van der Waals surface area contributed by atoms with Crippen LogP contribution in [0.1, 0.15) is 0 Å². The standard InChI is InChI=1S/C56H34N3O6P3/c1-5-19-47-41(15-1)42-16-2-6-20-48(42)61-66(60-47)57-67(62-49-21-7-3-17-43(49)44-18-4-8-22-50(44)63-67)59-68(58-66,64-51-33-29-39-25-23-35-11-9-13-37-27-31-45(51)55(39)53(35)37)65-52-34-30-40-26-24-36-12-10-14-38-28-32-46(52)56(40)54(36)38/h1-34H. The first kappa shape index (κ1) is 38.3. The molecule has 0 saturated carbocycles. The van der Waals surface area contributed by atoms with E-state index in [1.165, 1.54) is 0 Å². The third-order valence-electron chi connectivity index (χ3n) is 13.1. The molecule has 68 heavy (non-hydrogen) atoms. The van der Waals surface area contributed by atoms with Crippen molar-refractivity contribution >= 4 is 87.6 Å². The summed E-state index contributed by atoms with van der Waals surface area (Å²) < 4.78 is 60.9. The minimum atomic E-state index is -4.22. The second kappa shape index (κ2) is 14.1. The van der Waals surface area contributed by atoms with Gasteiger partial charge in [-0.1, -0.05) is 171 Å². The monoisotopic (exact) mass is 937 g/mol. The van der Waals surface area contributed by atoms with Crippen LogP contribution in [0.25, 0.3) is 86.9 Å².